The third-order valence-corrected chi connectivity index (χ3v) is 3.14. The highest BCUT2D eigenvalue weighted by Gasteiger charge is 2.42. The van der Waals surface area contributed by atoms with Crippen molar-refractivity contribution in [2.75, 3.05) is 0 Å². The molecular weight excluding hydrogens is 264 g/mol. The maximum atomic E-state index is 11.8. The normalized spacial score (nSPS) is 18.7. The third-order valence-electron chi connectivity index (χ3n) is 3.14. The van der Waals surface area contributed by atoms with E-state index in [1.165, 1.54) is 13.8 Å². The Morgan fingerprint density at radius 3 is 1.95 bits per heavy atom. The van der Waals surface area contributed by atoms with Gasteiger partial charge >= 0.3 is 5.97 Å². The number of aliphatic carboxylic acids is 1. The number of rotatable bonds is 9. The highest BCUT2D eigenvalue weighted by molar-refractivity contribution is 6.09. The second-order valence-corrected chi connectivity index (χ2v) is 5.12. The fourth-order valence-electron chi connectivity index (χ4n) is 1.82. The summed E-state index contributed by atoms with van der Waals surface area (Å²) < 4.78 is 0. The Hall–Kier alpha value is -1.35. The van der Waals surface area contributed by atoms with Gasteiger partial charge in [0.1, 0.15) is 0 Å². The van der Waals surface area contributed by atoms with Crippen LogP contribution in [0.5, 0.6) is 0 Å². The van der Waals surface area contributed by atoms with Crippen LogP contribution in [0.25, 0.3) is 0 Å². The Balaban J connectivity index is 4.63. The fourth-order valence-corrected chi connectivity index (χ4v) is 1.82. The lowest BCUT2D eigenvalue weighted by Crippen LogP contribution is -2.59. The quantitative estimate of drug-likeness (QED) is 0.305. The zero-order chi connectivity index (χ0) is 16.1. The van der Waals surface area contributed by atoms with Crippen molar-refractivity contribution in [3.05, 3.63) is 0 Å². The molecule has 0 aromatic rings. The molecule has 0 aromatic heterocycles. The van der Waals surface area contributed by atoms with Crippen LogP contribution >= 0.6 is 0 Å². The molecule has 0 radical (unpaired) electrons. The predicted molar refractivity (Wildman–Crippen MR) is 73.7 cm³/mol. The number of ketones is 2. The molecule has 9 N–H and O–H groups in total. The van der Waals surface area contributed by atoms with Gasteiger partial charge in [-0.2, -0.15) is 0 Å². The lowest BCUT2D eigenvalue weighted by Gasteiger charge is -2.25. The van der Waals surface area contributed by atoms with E-state index in [1.54, 1.807) is 0 Å². The Bertz CT molecular complexity index is 384. The van der Waals surface area contributed by atoms with E-state index >= 15 is 0 Å². The predicted octanol–water partition coefficient (Wildman–Crippen LogP) is -1.90. The monoisotopic (exact) mass is 288 g/mol. The van der Waals surface area contributed by atoms with Gasteiger partial charge in [0.15, 0.2) is 17.1 Å². The van der Waals surface area contributed by atoms with E-state index in [4.69, 9.17) is 28.0 Å². The topological polar surface area (TPSA) is 176 Å². The second kappa shape index (κ2) is 7.44. The molecule has 0 aliphatic rings. The first kappa shape index (κ1) is 18.7. The molecule has 0 heterocycles. The van der Waals surface area contributed by atoms with Gasteiger partial charge in [-0.15, -0.1) is 0 Å². The molecule has 0 aromatic carbocycles. The van der Waals surface area contributed by atoms with E-state index in [1.807, 2.05) is 0 Å². The summed E-state index contributed by atoms with van der Waals surface area (Å²) in [6.45, 7) is 2.89. The highest BCUT2D eigenvalue weighted by atomic mass is 16.4. The first-order chi connectivity index (χ1) is 9.04. The van der Waals surface area contributed by atoms with E-state index in [0.717, 1.165) is 0 Å². The summed E-state index contributed by atoms with van der Waals surface area (Å²) in [5.74, 6) is -2.51. The van der Waals surface area contributed by atoms with Gasteiger partial charge in [0.05, 0.1) is 18.1 Å². The molecule has 8 heteroatoms. The average Bonchev–Trinajstić information content (AvgIpc) is 2.35. The summed E-state index contributed by atoms with van der Waals surface area (Å²) in [5, 5.41) is 9.09. The average molecular weight is 288 g/mol. The minimum Gasteiger partial charge on any atom is -0.480 e. The van der Waals surface area contributed by atoms with Gasteiger partial charge in [-0.1, -0.05) is 0 Å². The van der Waals surface area contributed by atoms with Crippen LogP contribution in [-0.4, -0.2) is 46.3 Å². The Labute approximate surface area is 117 Å². The van der Waals surface area contributed by atoms with E-state index in [2.05, 4.69) is 0 Å². The first-order valence-electron chi connectivity index (χ1n) is 6.41. The van der Waals surface area contributed by atoms with Gasteiger partial charge in [-0.05, 0) is 33.1 Å². The Morgan fingerprint density at radius 1 is 1.10 bits per heavy atom. The molecule has 0 spiro atoms. The van der Waals surface area contributed by atoms with Crippen LogP contribution in [0, 0.1) is 0 Å². The standard InChI is InChI=1S/C12H24N4O4/c1-6(13)9(17)8(15)4-3-5-12(16,11(19)20)10(18)7(2)14/h6-8H,3-5,13-16H2,1-2H3,(H,19,20)/t6-,7-,8?,12+/m0/s1. The molecule has 116 valence electrons. The van der Waals surface area contributed by atoms with Gasteiger partial charge < -0.3 is 28.0 Å². The van der Waals surface area contributed by atoms with Crippen LogP contribution < -0.4 is 22.9 Å². The van der Waals surface area contributed by atoms with E-state index in [0.29, 0.717) is 0 Å². The largest absolute Gasteiger partial charge is 0.480 e. The van der Waals surface area contributed by atoms with Gasteiger partial charge in [0, 0.05) is 0 Å². The van der Waals surface area contributed by atoms with Gasteiger partial charge in [0.25, 0.3) is 0 Å². The number of carbonyl (C=O) groups is 3. The molecule has 0 saturated carbocycles. The van der Waals surface area contributed by atoms with Crippen molar-refractivity contribution >= 4 is 17.5 Å². The fraction of sp³-hybridized carbons (Fsp3) is 0.750. The maximum Gasteiger partial charge on any atom is 0.331 e. The van der Waals surface area contributed by atoms with Gasteiger partial charge in [-0.25, -0.2) is 4.79 Å². The molecule has 8 nitrogen and oxygen atoms in total. The molecule has 4 atom stereocenters. The molecule has 0 bridgehead atoms. The van der Waals surface area contributed by atoms with Crippen LogP contribution in [0.3, 0.4) is 0 Å². The summed E-state index contributed by atoms with van der Waals surface area (Å²) >= 11 is 0. The number of carboxylic acids is 1. The number of Topliss-reactive ketones (excluding diaryl/α,β-unsaturated/α-hetero) is 2. The molecule has 0 rings (SSSR count). The molecule has 20 heavy (non-hydrogen) atoms. The SMILES string of the molecule is C[C@H](N)C(=O)C(N)CCC[C@](N)(C(=O)O)C(=O)[C@H](C)N. The van der Waals surface area contributed by atoms with E-state index in [9.17, 15) is 14.4 Å². The highest BCUT2D eigenvalue weighted by Crippen LogP contribution is 2.16. The van der Waals surface area contributed by atoms with Crippen molar-refractivity contribution in [1.29, 1.82) is 0 Å². The molecular formula is C12H24N4O4. The summed E-state index contributed by atoms with van der Waals surface area (Å²) in [4.78, 5) is 34.4. The van der Waals surface area contributed by atoms with Crippen LogP contribution in [0.2, 0.25) is 0 Å². The number of hydrogen-bond donors (Lipinski definition) is 5. The van der Waals surface area contributed by atoms with Crippen LogP contribution in [0.1, 0.15) is 33.1 Å². The second-order valence-electron chi connectivity index (χ2n) is 5.12. The molecule has 1 unspecified atom stereocenters. The first-order valence-corrected chi connectivity index (χ1v) is 6.41. The smallest absolute Gasteiger partial charge is 0.331 e. The summed E-state index contributed by atoms with van der Waals surface area (Å²) in [5.41, 5.74) is 20.0. The Kier molecular flexibility index (Phi) is 6.94. The van der Waals surface area contributed by atoms with E-state index < -0.39 is 35.4 Å². The minimum atomic E-state index is -2.05. The van der Waals surface area contributed by atoms with Crippen molar-refractivity contribution in [3.8, 4) is 0 Å². The van der Waals surface area contributed by atoms with Gasteiger partial charge in [0.2, 0.25) is 0 Å². The van der Waals surface area contributed by atoms with Crippen molar-refractivity contribution in [3.63, 3.8) is 0 Å². The Morgan fingerprint density at radius 2 is 1.60 bits per heavy atom. The van der Waals surface area contributed by atoms with Gasteiger partial charge in [-0.3, -0.25) is 9.59 Å². The number of hydrogen-bond acceptors (Lipinski definition) is 7. The zero-order valence-electron chi connectivity index (χ0n) is 11.8. The number of nitrogens with two attached hydrogens (primary N) is 4. The van der Waals surface area contributed by atoms with Crippen molar-refractivity contribution < 1.29 is 19.5 Å². The van der Waals surface area contributed by atoms with Crippen LogP contribution in [0.4, 0.5) is 0 Å². The van der Waals surface area contributed by atoms with Crippen molar-refractivity contribution in [2.45, 2.75) is 56.8 Å². The van der Waals surface area contributed by atoms with Crippen molar-refractivity contribution in [1.82, 2.24) is 0 Å². The number of carboxylic acid groups (broad SMARTS) is 1. The van der Waals surface area contributed by atoms with Crippen LogP contribution in [0.15, 0.2) is 0 Å². The zero-order valence-corrected chi connectivity index (χ0v) is 11.8. The summed E-state index contributed by atoms with van der Waals surface area (Å²) in [7, 11) is 0. The maximum absolute atomic E-state index is 11.8. The molecule has 0 aliphatic heterocycles. The third kappa shape index (κ3) is 4.64. The molecule has 0 saturated heterocycles. The minimum absolute atomic E-state index is 0.136. The summed E-state index contributed by atoms with van der Waals surface area (Å²) in [6.07, 6.45) is 0.280. The van der Waals surface area contributed by atoms with E-state index in [-0.39, 0.29) is 25.0 Å². The lowest BCUT2D eigenvalue weighted by molar-refractivity contribution is -0.149. The number of carbonyl (C=O) groups excluding carboxylic acids is 2. The molecule has 0 amide bonds. The summed E-state index contributed by atoms with van der Waals surface area (Å²) in [6, 6.07) is -2.45. The lowest BCUT2D eigenvalue weighted by atomic mass is 9.85. The van der Waals surface area contributed by atoms with Crippen molar-refractivity contribution in [2.24, 2.45) is 22.9 Å². The van der Waals surface area contributed by atoms with Crippen LogP contribution in [-0.2, 0) is 14.4 Å². The molecule has 0 fully saturated rings. The molecule has 0 aliphatic carbocycles.